The Morgan fingerprint density at radius 2 is 1.68 bits per heavy atom. The van der Waals surface area contributed by atoms with E-state index < -0.39 is 17.5 Å². The number of rotatable bonds is 5. The minimum Gasteiger partial charge on any atom is -0.473 e. The fraction of sp³-hybridized carbons (Fsp3) is 0.417. The Hall–Kier alpha value is -2.77. The summed E-state index contributed by atoms with van der Waals surface area (Å²) in [6.07, 6.45) is 4.58. The van der Waals surface area contributed by atoms with Crippen molar-refractivity contribution in [2.24, 2.45) is 0 Å². The highest BCUT2D eigenvalue weighted by Gasteiger charge is 2.41. The molecule has 0 aliphatic heterocycles. The summed E-state index contributed by atoms with van der Waals surface area (Å²) in [6, 6.07) is 15.0. The van der Waals surface area contributed by atoms with E-state index in [9.17, 15) is 9.50 Å². The molecule has 2 atom stereocenters. The number of carboxylic acids is 2. The second-order valence-electron chi connectivity index (χ2n) is 8.09. The number of fused-ring (bicyclic) bond motifs is 1. The molecule has 2 aromatic carbocycles. The number of aryl methyl sites for hydroxylation is 1. The van der Waals surface area contributed by atoms with Crippen molar-refractivity contribution in [1.82, 2.24) is 4.90 Å². The molecule has 0 saturated heterocycles. The number of aliphatic hydroxyl groups is 1. The molecule has 168 valence electrons. The van der Waals surface area contributed by atoms with Gasteiger partial charge in [-0.1, -0.05) is 36.4 Å². The molecule has 2 aromatic rings. The third kappa shape index (κ3) is 6.60. The smallest absolute Gasteiger partial charge is 0.414 e. The van der Waals surface area contributed by atoms with E-state index in [-0.39, 0.29) is 11.7 Å². The van der Waals surface area contributed by atoms with Crippen LogP contribution in [0.3, 0.4) is 0 Å². The van der Waals surface area contributed by atoms with Crippen LogP contribution in [0.5, 0.6) is 0 Å². The summed E-state index contributed by atoms with van der Waals surface area (Å²) in [4.78, 5) is 20.4. The number of hydrogen-bond acceptors (Lipinski definition) is 4. The average molecular weight is 432 g/mol. The minimum atomic E-state index is -1.82. The van der Waals surface area contributed by atoms with E-state index >= 15 is 0 Å². The van der Waals surface area contributed by atoms with Crippen molar-refractivity contribution in [3.8, 4) is 0 Å². The molecule has 0 spiro atoms. The number of nitrogens with zero attached hydrogens (tertiary/aromatic N) is 1. The summed E-state index contributed by atoms with van der Waals surface area (Å²) >= 11 is 0. The SMILES string of the molecule is CN(C)CCC[C@@]1(O)c2ccccc2CCC[C@@H]1c1ccc(F)cc1.O=C(O)C(=O)O. The van der Waals surface area contributed by atoms with Gasteiger partial charge >= 0.3 is 11.9 Å². The summed E-state index contributed by atoms with van der Waals surface area (Å²) < 4.78 is 13.4. The van der Waals surface area contributed by atoms with Gasteiger partial charge in [-0.3, -0.25) is 0 Å². The molecule has 1 aliphatic rings. The van der Waals surface area contributed by atoms with Gasteiger partial charge in [0, 0.05) is 5.92 Å². The molecule has 31 heavy (non-hydrogen) atoms. The lowest BCUT2D eigenvalue weighted by atomic mass is 9.73. The van der Waals surface area contributed by atoms with E-state index in [2.05, 4.69) is 37.2 Å². The number of halogens is 1. The Kier molecular flexibility index (Phi) is 8.71. The number of benzene rings is 2. The maximum Gasteiger partial charge on any atom is 0.414 e. The first-order valence-electron chi connectivity index (χ1n) is 10.3. The average Bonchev–Trinajstić information content (AvgIpc) is 2.86. The normalized spacial score (nSPS) is 20.2. The zero-order valence-corrected chi connectivity index (χ0v) is 17.9. The molecule has 6 nitrogen and oxygen atoms in total. The summed E-state index contributed by atoms with van der Waals surface area (Å²) in [5.41, 5.74) is 2.44. The number of carbonyl (C=O) groups is 2. The van der Waals surface area contributed by atoms with E-state index in [0.717, 1.165) is 43.4 Å². The summed E-state index contributed by atoms with van der Waals surface area (Å²) in [5, 5.41) is 26.7. The predicted octanol–water partition coefficient (Wildman–Crippen LogP) is 3.63. The van der Waals surface area contributed by atoms with Crippen molar-refractivity contribution >= 4 is 11.9 Å². The third-order valence-electron chi connectivity index (χ3n) is 5.62. The highest BCUT2D eigenvalue weighted by Crippen LogP contribution is 2.47. The molecule has 0 amide bonds. The Labute approximate surface area is 181 Å². The highest BCUT2D eigenvalue weighted by atomic mass is 19.1. The minimum absolute atomic E-state index is 0.00101. The second kappa shape index (κ2) is 11.0. The fourth-order valence-corrected chi connectivity index (χ4v) is 4.19. The van der Waals surface area contributed by atoms with Crippen LogP contribution in [0.1, 0.15) is 48.3 Å². The first-order chi connectivity index (χ1) is 14.6. The second-order valence-corrected chi connectivity index (χ2v) is 8.09. The molecule has 3 N–H and O–H groups in total. The third-order valence-corrected chi connectivity index (χ3v) is 5.62. The molecule has 0 aromatic heterocycles. The van der Waals surface area contributed by atoms with E-state index in [0.29, 0.717) is 6.42 Å². The maximum atomic E-state index is 13.4. The van der Waals surface area contributed by atoms with Gasteiger partial charge in [-0.25, -0.2) is 14.0 Å². The largest absolute Gasteiger partial charge is 0.473 e. The van der Waals surface area contributed by atoms with E-state index in [4.69, 9.17) is 19.8 Å². The quantitative estimate of drug-likeness (QED) is 0.494. The predicted molar refractivity (Wildman–Crippen MR) is 115 cm³/mol. The first-order valence-corrected chi connectivity index (χ1v) is 10.3. The zero-order valence-electron chi connectivity index (χ0n) is 17.9. The Balaban J connectivity index is 0.000000501. The van der Waals surface area contributed by atoms with Crippen LogP contribution in [0.15, 0.2) is 48.5 Å². The molecule has 1 aliphatic carbocycles. The van der Waals surface area contributed by atoms with Gasteiger partial charge in [0.1, 0.15) is 5.82 Å². The summed E-state index contributed by atoms with van der Waals surface area (Å²) in [5.74, 6) is -3.88. The Morgan fingerprint density at radius 1 is 1.06 bits per heavy atom. The van der Waals surface area contributed by atoms with E-state index in [1.54, 1.807) is 0 Å². The standard InChI is InChI=1S/C22H28FNO.C2H2O4/c1-24(2)16-6-15-22(25)20-9-4-3-7-17(20)8-5-10-21(22)18-11-13-19(23)14-12-18;3-1(4)2(5)6/h3-4,7,9,11-14,21,25H,5-6,8,10,15-16H2,1-2H3;(H,3,4)(H,5,6)/t21-,22-;/m1./s1. The molecule has 0 unspecified atom stereocenters. The fourth-order valence-electron chi connectivity index (χ4n) is 4.19. The van der Waals surface area contributed by atoms with Crippen molar-refractivity contribution in [1.29, 1.82) is 0 Å². The monoisotopic (exact) mass is 431 g/mol. The Morgan fingerprint density at radius 3 is 2.26 bits per heavy atom. The lowest BCUT2D eigenvalue weighted by molar-refractivity contribution is -0.159. The molecule has 7 heteroatoms. The molecule has 0 fully saturated rings. The van der Waals surface area contributed by atoms with Gasteiger partial charge < -0.3 is 20.2 Å². The topological polar surface area (TPSA) is 98.1 Å². The highest BCUT2D eigenvalue weighted by molar-refractivity contribution is 6.27. The van der Waals surface area contributed by atoms with Crippen LogP contribution in [0.2, 0.25) is 0 Å². The van der Waals surface area contributed by atoms with Crippen LogP contribution in [-0.4, -0.2) is 52.8 Å². The van der Waals surface area contributed by atoms with E-state index in [1.165, 1.54) is 17.7 Å². The van der Waals surface area contributed by atoms with Gasteiger partial charge in [0.2, 0.25) is 0 Å². The van der Waals surface area contributed by atoms with Gasteiger partial charge in [-0.2, -0.15) is 0 Å². The van der Waals surface area contributed by atoms with Crippen LogP contribution in [0, 0.1) is 5.82 Å². The molecule has 0 saturated carbocycles. The van der Waals surface area contributed by atoms with Crippen LogP contribution >= 0.6 is 0 Å². The van der Waals surface area contributed by atoms with Gasteiger partial charge in [-0.05, 0) is 81.6 Å². The number of carboxylic acid groups (broad SMARTS) is 2. The lowest BCUT2D eigenvalue weighted by Gasteiger charge is -2.37. The lowest BCUT2D eigenvalue weighted by Crippen LogP contribution is -2.34. The van der Waals surface area contributed by atoms with Crippen molar-refractivity contribution in [3.63, 3.8) is 0 Å². The zero-order chi connectivity index (χ0) is 23.0. The van der Waals surface area contributed by atoms with E-state index in [1.807, 2.05) is 18.2 Å². The van der Waals surface area contributed by atoms with Crippen LogP contribution in [0.4, 0.5) is 4.39 Å². The number of aliphatic carboxylic acids is 2. The maximum absolute atomic E-state index is 13.4. The number of hydrogen-bond donors (Lipinski definition) is 3. The van der Waals surface area contributed by atoms with Gasteiger partial charge in [0.25, 0.3) is 0 Å². The van der Waals surface area contributed by atoms with Crippen molar-refractivity contribution in [2.75, 3.05) is 20.6 Å². The van der Waals surface area contributed by atoms with Crippen molar-refractivity contribution < 1.29 is 29.3 Å². The van der Waals surface area contributed by atoms with Gasteiger partial charge in [0.15, 0.2) is 0 Å². The molecular weight excluding hydrogens is 401 g/mol. The van der Waals surface area contributed by atoms with Crippen LogP contribution in [0.25, 0.3) is 0 Å². The molecule has 3 rings (SSSR count). The van der Waals surface area contributed by atoms with Crippen LogP contribution in [-0.2, 0) is 21.6 Å². The summed E-state index contributed by atoms with van der Waals surface area (Å²) in [7, 11) is 4.12. The summed E-state index contributed by atoms with van der Waals surface area (Å²) in [6.45, 7) is 0.945. The first kappa shape index (κ1) is 24.5. The molecule has 0 heterocycles. The molecule has 0 bridgehead atoms. The van der Waals surface area contributed by atoms with Crippen LogP contribution < -0.4 is 0 Å². The van der Waals surface area contributed by atoms with Crippen molar-refractivity contribution in [3.05, 3.63) is 71.0 Å². The molecular formula is C24H30FNO5. The Bertz CT molecular complexity index is 872. The molecule has 0 radical (unpaired) electrons. The van der Waals surface area contributed by atoms with Gasteiger partial charge in [-0.15, -0.1) is 0 Å². The van der Waals surface area contributed by atoms with Crippen molar-refractivity contribution in [2.45, 2.75) is 43.6 Å². The van der Waals surface area contributed by atoms with Gasteiger partial charge in [0.05, 0.1) is 5.60 Å².